The molecule has 0 spiro atoms. The van der Waals surface area contributed by atoms with E-state index in [0.29, 0.717) is 6.42 Å². The Morgan fingerprint density at radius 3 is 2.31 bits per heavy atom. The van der Waals surface area contributed by atoms with E-state index in [-0.39, 0.29) is 17.1 Å². The van der Waals surface area contributed by atoms with E-state index in [1.165, 1.54) is 7.11 Å². The molecule has 1 saturated heterocycles. The van der Waals surface area contributed by atoms with E-state index in [9.17, 15) is 18.3 Å². The highest BCUT2D eigenvalue weighted by Gasteiger charge is 2.36. The lowest BCUT2D eigenvalue weighted by Crippen LogP contribution is -2.19. The van der Waals surface area contributed by atoms with Gasteiger partial charge in [-0.15, -0.1) is 0 Å². The molecule has 7 heteroatoms. The van der Waals surface area contributed by atoms with E-state index in [1.807, 2.05) is 0 Å². The van der Waals surface area contributed by atoms with Crippen molar-refractivity contribution in [3.63, 3.8) is 0 Å². The first-order chi connectivity index (χ1) is 7.41. The number of aliphatic hydroxyl groups is 1. The number of ether oxygens (including phenoxy) is 2. The zero-order chi connectivity index (χ0) is 12.3. The molecule has 6 nitrogen and oxygen atoms in total. The summed E-state index contributed by atoms with van der Waals surface area (Å²) in [5, 5.41) is 9.41. The van der Waals surface area contributed by atoms with Crippen LogP contribution in [0.3, 0.4) is 0 Å². The summed E-state index contributed by atoms with van der Waals surface area (Å²) in [4.78, 5) is 11.4. The number of aliphatic hydroxyl groups excluding tert-OH is 1. The molecule has 92 valence electrons. The first-order valence-corrected chi connectivity index (χ1v) is 6.49. The van der Waals surface area contributed by atoms with Gasteiger partial charge < -0.3 is 14.6 Å². The Morgan fingerprint density at radius 2 is 1.94 bits per heavy atom. The molecule has 0 saturated carbocycles. The molecule has 1 heterocycles. The van der Waals surface area contributed by atoms with E-state index in [2.05, 4.69) is 9.47 Å². The molecule has 1 N–H and O–H groups in total. The van der Waals surface area contributed by atoms with Gasteiger partial charge in [-0.25, -0.2) is 13.2 Å². The number of rotatable bonds is 3. The van der Waals surface area contributed by atoms with Crippen molar-refractivity contribution in [1.82, 2.24) is 0 Å². The first kappa shape index (κ1) is 12.8. The minimum atomic E-state index is -3.13. The van der Waals surface area contributed by atoms with Crippen LogP contribution in [-0.2, 0) is 24.1 Å². The molecule has 0 amide bonds. The molecule has 1 unspecified atom stereocenters. The monoisotopic (exact) mass is 250 g/mol. The summed E-state index contributed by atoms with van der Waals surface area (Å²) in [5.74, 6) is -2.05. The summed E-state index contributed by atoms with van der Waals surface area (Å²) in [6.45, 7) is 0. The second-order valence-electron chi connectivity index (χ2n) is 3.51. The second-order valence-corrected chi connectivity index (χ2v) is 5.74. The molecule has 0 radical (unpaired) electrons. The summed E-state index contributed by atoms with van der Waals surface area (Å²) in [6.07, 6.45) is 0.292. The quantitative estimate of drug-likeness (QED) is 0.431. The van der Waals surface area contributed by atoms with Gasteiger partial charge in [0.15, 0.2) is 9.84 Å². The highest BCUT2D eigenvalue weighted by Crippen LogP contribution is 2.28. The van der Waals surface area contributed by atoms with Crippen LogP contribution in [-0.4, -0.2) is 45.2 Å². The number of esters is 1. The van der Waals surface area contributed by atoms with Gasteiger partial charge in [-0.3, -0.25) is 0 Å². The van der Waals surface area contributed by atoms with Gasteiger partial charge in [-0.2, -0.15) is 0 Å². The highest BCUT2D eigenvalue weighted by molar-refractivity contribution is 7.91. The Bertz CT molecular complexity index is 408. The maximum Gasteiger partial charge on any atom is 0.341 e. The third-order valence-electron chi connectivity index (χ3n) is 2.47. The molecule has 1 aliphatic rings. The summed E-state index contributed by atoms with van der Waals surface area (Å²) >= 11 is 0. The van der Waals surface area contributed by atoms with E-state index in [4.69, 9.17) is 0 Å². The van der Waals surface area contributed by atoms with Gasteiger partial charge in [0.1, 0.15) is 5.57 Å². The molecular formula is C9H14O6S. The average molecular weight is 250 g/mol. The number of hydrogen-bond acceptors (Lipinski definition) is 6. The molecule has 0 aromatic carbocycles. The Morgan fingerprint density at radius 1 is 1.31 bits per heavy atom. The van der Waals surface area contributed by atoms with Crippen LogP contribution in [0.1, 0.15) is 6.42 Å². The summed E-state index contributed by atoms with van der Waals surface area (Å²) < 4.78 is 31.6. The maximum absolute atomic E-state index is 11.4. The van der Waals surface area contributed by atoms with Gasteiger partial charge in [-0.1, -0.05) is 0 Å². The van der Waals surface area contributed by atoms with Gasteiger partial charge in [0, 0.05) is 5.92 Å². The van der Waals surface area contributed by atoms with Gasteiger partial charge in [0.25, 0.3) is 5.95 Å². The first-order valence-electron chi connectivity index (χ1n) is 4.67. The number of methoxy groups -OCH3 is 2. The minimum Gasteiger partial charge on any atom is -0.481 e. The average Bonchev–Trinajstić information content (AvgIpc) is 2.58. The largest absolute Gasteiger partial charge is 0.481 e. The Hall–Kier alpha value is -1.24. The summed E-state index contributed by atoms with van der Waals surface area (Å²) in [6, 6.07) is 0. The van der Waals surface area contributed by atoms with Crippen molar-refractivity contribution in [2.24, 2.45) is 5.92 Å². The van der Waals surface area contributed by atoms with E-state index in [1.54, 1.807) is 0 Å². The molecule has 0 bridgehead atoms. The Kier molecular flexibility index (Phi) is 3.79. The predicted molar refractivity (Wildman–Crippen MR) is 55.4 cm³/mol. The lowest BCUT2D eigenvalue weighted by Gasteiger charge is -2.12. The molecule has 0 aromatic rings. The number of hydrogen-bond donors (Lipinski definition) is 1. The Labute approximate surface area is 93.8 Å². The zero-order valence-corrected chi connectivity index (χ0v) is 9.91. The summed E-state index contributed by atoms with van der Waals surface area (Å²) in [5.41, 5.74) is -0.105. The number of carbonyl (C=O) groups excluding carboxylic acids is 1. The van der Waals surface area contributed by atoms with Crippen molar-refractivity contribution in [2.75, 3.05) is 25.7 Å². The topological polar surface area (TPSA) is 89.9 Å². The van der Waals surface area contributed by atoms with E-state index >= 15 is 0 Å². The third-order valence-corrected chi connectivity index (χ3v) is 4.24. The SMILES string of the molecule is COC(=O)/C(=C(/O)OC)C1CCS(=O)(=O)C1. The molecule has 0 aliphatic carbocycles. The van der Waals surface area contributed by atoms with Crippen molar-refractivity contribution >= 4 is 15.8 Å². The molecule has 0 aromatic heterocycles. The molecule has 1 fully saturated rings. The van der Waals surface area contributed by atoms with Crippen molar-refractivity contribution in [3.8, 4) is 0 Å². The Balaban J connectivity index is 3.01. The van der Waals surface area contributed by atoms with Crippen LogP contribution < -0.4 is 0 Å². The number of sulfone groups is 1. The van der Waals surface area contributed by atoms with Crippen molar-refractivity contribution in [3.05, 3.63) is 11.5 Å². The highest BCUT2D eigenvalue weighted by atomic mass is 32.2. The van der Waals surface area contributed by atoms with Crippen molar-refractivity contribution in [1.29, 1.82) is 0 Å². The third kappa shape index (κ3) is 2.66. The zero-order valence-electron chi connectivity index (χ0n) is 9.10. The minimum absolute atomic E-state index is 0.00908. The number of carbonyl (C=O) groups is 1. The lowest BCUT2D eigenvalue weighted by atomic mass is 9.99. The molecular weight excluding hydrogens is 236 g/mol. The van der Waals surface area contributed by atoms with E-state index < -0.39 is 27.7 Å². The van der Waals surface area contributed by atoms with Crippen molar-refractivity contribution < 1.29 is 27.8 Å². The normalized spacial score (nSPS) is 24.8. The van der Waals surface area contributed by atoms with Crippen LogP contribution in [0.2, 0.25) is 0 Å². The van der Waals surface area contributed by atoms with Crippen LogP contribution in [0, 0.1) is 5.92 Å². The van der Waals surface area contributed by atoms with Crippen molar-refractivity contribution in [2.45, 2.75) is 6.42 Å². The fourth-order valence-electron chi connectivity index (χ4n) is 1.67. The molecule has 1 rings (SSSR count). The standard InChI is InChI=1S/C9H14O6S/c1-14-8(10)7(9(11)15-2)6-3-4-16(12,13)5-6/h6,10H,3-5H2,1-2H3/b8-7-. The predicted octanol–water partition coefficient (Wildman–Crippen LogP) is 0.0101. The second kappa shape index (κ2) is 4.73. The van der Waals surface area contributed by atoms with E-state index in [0.717, 1.165) is 7.11 Å². The summed E-state index contributed by atoms with van der Waals surface area (Å²) in [7, 11) is -0.775. The fourth-order valence-corrected chi connectivity index (χ4v) is 3.43. The lowest BCUT2D eigenvalue weighted by molar-refractivity contribution is -0.137. The smallest absolute Gasteiger partial charge is 0.341 e. The van der Waals surface area contributed by atoms with Gasteiger partial charge in [0.05, 0.1) is 25.7 Å². The van der Waals surface area contributed by atoms with Crippen LogP contribution in [0.25, 0.3) is 0 Å². The van der Waals surface area contributed by atoms with Crippen LogP contribution >= 0.6 is 0 Å². The molecule has 1 aliphatic heterocycles. The van der Waals surface area contributed by atoms with Gasteiger partial charge >= 0.3 is 5.97 Å². The van der Waals surface area contributed by atoms with Crippen LogP contribution in [0.4, 0.5) is 0 Å². The fraction of sp³-hybridized carbons (Fsp3) is 0.667. The molecule has 1 atom stereocenters. The maximum atomic E-state index is 11.4. The van der Waals surface area contributed by atoms with Gasteiger partial charge in [0.2, 0.25) is 0 Å². The van der Waals surface area contributed by atoms with Crippen LogP contribution in [0.15, 0.2) is 11.5 Å². The van der Waals surface area contributed by atoms with Crippen LogP contribution in [0.5, 0.6) is 0 Å². The molecule has 16 heavy (non-hydrogen) atoms. The van der Waals surface area contributed by atoms with Gasteiger partial charge in [-0.05, 0) is 6.42 Å².